The lowest BCUT2D eigenvalue weighted by Crippen LogP contribution is -2.12. The molecule has 0 saturated carbocycles. The minimum atomic E-state index is -0.529. The molecule has 0 rings (SSSR count). The van der Waals surface area contributed by atoms with Gasteiger partial charge < -0.3 is 4.74 Å². The maximum absolute atomic E-state index is 10.8. The van der Waals surface area contributed by atoms with E-state index in [1.165, 1.54) is 6.92 Å². The van der Waals surface area contributed by atoms with Gasteiger partial charge in [-0.2, -0.15) is 0 Å². The van der Waals surface area contributed by atoms with Crippen molar-refractivity contribution in [2.45, 2.75) is 33.6 Å². The second kappa shape index (κ2) is 4.88. The molecule has 0 spiro atoms. The van der Waals surface area contributed by atoms with Crippen LogP contribution in [0.2, 0.25) is 0 Å². The van der Waals surface area contributed by atoms with Gasteiger partial charge in [0.2, 0.25) is 0 Å². The van der Waals surface area contributed by atoms with Crippen LogP contribution in [0.4, 0.5) is 0 Å². The van der Waals surface area contributed by atoms with Crippen LogP contribution in [0.25, 0.3) is 0 Å². The second-order valence-electron chi connectivity index (χ2n) is 2.68. The molecule has 0 bridgehead atoms. The molecule has 0 heterocycles. The maximum Gasteiger partial charge on any atom is 0.313 e. The lowest BCUT2D eigenvalue weighted by atomic mass is 10.1. The average Bonchev–Trinajstić information content (AvgIpc) is 1.85. The Morgan fingerprint density at radius 3 is 2.36 bits per heavy atom. The van der Waals surface area contributed by atoms with E-state index in [4.69, 9.17) is 0 Å². The molecule has 0 aliphatic heterocycles. The Labute approximate surface area is 66.7 Å². The van der Waals surface area contributed by atoms with Crippen LogP contribution in [0.3, 0.4) is 0 Å². The monoisotopic (exact) mass is 158 g/mol. The molecule has 0 aromatic rings. The van der Waals surface area contributed by atoms with Crippen molar-refractivity contribution < 1.29 is 14.3 Å². The van der Waals surface area contributed by atoms with E-state index in [-0.39, 0.29) is 0 Å². The van der Waals surface area contributed by atoms with Crippen molar-refractivity contribution in [1.29, 1.82) is 0 Å². The summed E-state index contributed by atoms with van der Waals surface area (Å²) < 4.78 is 4.34. The zero-order valence-electron chi connectivity index (χ0n) is 7.22. The summed E-state index contributed by atoms with van der Waals surface area (Å²) in [6.07, 6.45) is 1.25. The first-order valence-corrected chi connectivity index (χ1v) is 3.77. The van der Waals surface area contributed by atoms with Crippen LogP contribution in [0.15, 0.2) is 0 Å². The second-order valence-corrected chi connectivity index (χ2v) is 2.68. The van der Waals surface area contributed by atoms with Crippen LogP contribution in [-0.2, 0) is 14.3 Å². The van der Waals surface area contributed by atoms with E-state index < -0.39 is 11.9 Å². The average molecular weight is 158 g/mol. The van der Waals surface area contributed by atoms with Gasteiger partial charge in [0.05, 0.1) is 0 Å². The number of ether oxygens (including phenoxy) is 1. The Hall–Kier alpha value is -0.860. The molecule has 0 radical (unpaired) electrons. The Kier molecular flexibility index (Phi) is 4.50. The van der Waals surface area contributed by atoms with Crippen LogP contribution in [0, 0.1) is 5.92 Å². The van der Waals surface area contributed by atoms with Crippen LogP contribution in [-0.4, -0.2) is 11.9 Å². The molecule has 0 saturated heterocycles. The predicted molar refractivity (Wildman–Crippen MR) is 40.8 cm³/mol. The van der Waals surface area contributed by atoms with Gasteiger partial charge in [-0.1, -0.05) is 20.3 Å². The van der Waals surface area contributed by atoms with Gasteiger partial charge >= 0.3 is 11.9 Å². The van der Waals surface area contributed by atoms with E-state index in [9.17, 15) is 9.59 Å². The highest BCUT2D eigenvalue weighted by Gasteiger charge is 2.09. The van der Waals surface area contributed by atoms with E-state index in [0.717, 1.165) is 6.42 Å². The standard InChI is InChI=1S/C8H14O3/c1-4-6(2)5-8(10)11-7(3)9/h6H,4-5H2,1-3H3. The van der Waals surface area contributed by atoms with E-state index in [1.807, 2.05) is 13.8 Å². The molecule has 3 heteroatoms. The molecule has 0 aliphatic carbocycles. The lowest BCUT2D eigenvalue weighted by molar-refractivity contribution is -0.158. The molecular weight excluding hydrogens is 144 g/mol. The molecule has 0 fully saturated rings. The summed E-state index contributed by atoms with van der Waals surface area (Å²) in [6, 6.07) is 0. The summed E-state index contributed by atoms with van der Waals surface area (Å²) in [6.45, 7) is 5.17. The predicted octanol–water partition coefficient (Wildman–Crippen LogP) is 1.51. The highest BCUT2D eigenvalue weighted by molar-refractivity contribution is 5.84. The molecule has 0 amide bonds. The van der Waals surface area contributed by atoms with Crippen molar-refractivity contribution >= 4 is 11.9 Å². The van der Waals surface area contributed by atoms with Crippen LogP contribution in [0.5, 0.6) is 0 Å². The fourth-order valence-electron chi connectivity index (χ4n) is 0.631. The SMILES string of the molecule is CCC(C)CC(=O)OC(C)=O. The van der Waals surface area contributed by atoms with Crippen molar-refractivity contribution in [2.24, 2.45) is 5.92 Å². The third-order valence-electron chi connectivity index (χ3n) is 1.47. The number of hydrogen-bond acceptors (Lipinski definition) is 3. The molecule has 0 aliphatic rings. The number of esters is 2. The Balaban J connectivity index is 3.60. The number of rotatable bonds is 3. The summed E-state index contributed by atoms with van der Waals surface area (Å²) in [5.74, 6) is -0.660. The fourth-order valence-corrected chi connectivity index (χ4v) is 0.631. The molecule has 11 heavy (non-hydrogen) atoms. The van der Waals surface area contributed by atoms with Crippen molar-refractivity contribution in [3.8, 4) is 0 Å². The Morgan fingerprint density at radius 1 is 1.45 bits per heavy atom. The van der Waals surface area contributed by atoms with Crippen LogP contribution in [0.1, 0.15) is 33.6 Å². The van der Waals surface area contributed by atoms with Crippen molar-refractivity contribution in [1.82, 2.24) is 0 Å². The highest BCUT2D eigenvalue weighted by Crippen LogP contribution is 2.06. The maximum atomic E-state index is 10.8. The Morgan fingerprint density at radius 2 is 2.00 bits per heavy atom. The first-order valence-electron chi connectivity index (χ1n) is 3.77. The summed E-state index contributed by atoms with van der Waals surface area (Å²) >= 11 is 0. The molecule has 64 valence electrons. The Bertz CT molecular complexity index is 151. The third-order valence-corrected chi connectivity index (χ3v) is 1.47. The molecule has 0 aromatic carbocycles. The molecule has 1 atom stereocenters. The quantitative estimate of drug-likeness (QED) is 0.462. The van der Waals surface area contributed by atoms with Gasteiger partial charge in [0.1, 0.15) is 0 Å². The third kappa shape index (κ3) is 5.58. The summed E-state index contributed by atoms with van der Waals surface area (Å²) in [5, 5.41) is 0. The van der Waals surface area contributed by atoms with Crippen molar-refractivity contribution in [2.75, 3.05) is 0 Å². The van der Waals surface area contributed by atoms with Gasteiger partial charge in [0.15, 0.2) is 0 Å². The highest BCUT2D eigenvalue weighted by atomic mass is 16.6. The van der Waals surface area contributed by atoms with Crippen molar-refractivity contribution in [3.63, 3.8) is 0 Å². The topological polar surface area (TPSA) is 43.4 Å². The fraction of sp³-hybridized carbons (Fsp3) is 0.750. The lowest BCUT2D eigenvalue weighted by Gasteiger charge is -2.05. The minimum absolute atomic E-state index is 0.293. The van der Waals surface area contributed by atoms with Gasteiger partial charge in [-0.25, -0.2) is 0 Å². The van der Waals surface area contributed by atoms with Gasteiger partial charge in [-0.15, -0.1) is 0 Å². The number of hydrogen-bond donors (Lipinski definition) is 0. The van der Waals surface area contributed by atoms with Gasteiger partial charge in [0.25, 0.3) is 0 Å². The zero-order chi connectivity index (χ0) is 8.85. The summed E-state index contributed by atoms with van der Waals surface area (Å²) in [4.78, 5) is 21.1. The van der Waals surface area contributed by atoms with Gasteiger partial charge in [0, 0.05) is 13.3 Å². The van der Waals surface area contributed by atoms with E-state index in [2.05, 4.69) is 4.74 Å². The van der Waals surface area contributed by atoms with E-state index >= 15 is 0 Å². The number of carbonyl (C=O) groups is 2. The van der Waals surface area contributed by atoms with Crippen LogP contribution >= 0.6 is 0 Å². The van der Waals surface area contributed by atoms with Crippen molar-refractivity contribution in [3.05, 3.63) is 0 Å². The minimum Gasteiger partial charge on any atom is -0.393 e. The molecule has 1 unspecified atom stereocenters. The van der Waals surface area contributed by atoms with E-state index in [1.54, 1.807) is 0 Å². The summed E-state index contributed by atoms with van der Waals surface area (Å²) in [5.41, 5.74) is 0. The zero-order valence-corrected chi connectivity index (χ0v) is 7.22. The molecule has 3 nitrogen and oxygen atoms in total. The normalized spacial score (nSPS) is 12.3. The summed E-state index contributed by atoms with van der Waals surface area (Å²) in [7, 11) is 0. The van der Waals surface area contributed by atoms with Gasteiger partial charge in [-0.3, -0.25) is 9.59 Å². The first-order chi connectivity index (χ1) is 5.06. The molecule has 0 aromatic heterocycles. The smallest absolute Gasteiger partial charge is 0.313 e. The number of carbonyl (C=O) groups excluding carboxylic acids is 2. The molecular formula is C8H14O3. The van der Waals surface area contributed by atoms with Crippen LogP contribution < -0.4 is 0 Å². The first kappa shape index (κ1) is 10.1. The van der Waals surface area contributed by atoms with Gasteiger partial charge in [-0.05, 0) is 5.92 Å². The molecule has 0 N–H and O–H groups in total. The largest absolute Gasteiger partial charge is 0.393 e. The van der Waals surface area contributed by atoms with E-state index in [0.29, 0.717) is 12.3 Å².